The second kappa shape index (κ2) is 7.76. The Morgan fingerprint density at radius 2 is 2.30 bits per heavy atom. The molecule has 1 unspecified atom stereocenters. The van der Waals surface area contributed by atoms with Crippen molar-refractivity contribution in [3.63, 3.8) is 0 Å². The molecule has 2 heterocycles. The SMILES string of the molecule is CN(CC(=O)N(C)Cc1ccsc1)CC1CCCCN1. The Kier molecular flexibility index (Phi) is 6.01. The number of nitrogens with one attached hydrogen (secondary N) is 1. The summed E-state index contributed by atoms with van der Waals surface area (Å²) in [4.78, 5) is 16.1. The molecule has 1 aromatic rings. The Labute approximate surface area is 125 Å². The number of thiophene rings is 1. The van der Waals surface area contributed by atoms with E-state index >= 15 is 0 Å². The fourth-order valence-corrected chi connectivity index (χ4v) is 3.28. The molecule has 1 saturated heterocycles. The number of hydrogen-bond acceptors (Lipinski definition) is 4. The standard InChI is InChI=1S/C15H25N3OS/c1-17(10-14-5-3-4-7-16-14)11-15(19)18(2)9-13-6-8-20-12-13/h6,8,12,14,16H,3-5,7,9-11H2,1-2H3. The van der Waals surface area contributed by atoms with Gasteiger partial charge < -0.3 is 10.2 Å². The van der Waals surface area contributed by atoms with Crippen molar-refractivity contribution in [1.82, 2.24) is 15.1 Å². The smallest absolute Gasteiger partial charge is 0.236 e. The number of piperidine rings is 1. The summed E-state index contributed by atoms with van der Waals surface area (Å²) < 4.78 is 0. The summed E-state index contributed by atoms with van der Waals surface area (Å²) >= 11 is 1.67. The van der Waals surface area contributed by atoms with E-state index in [1.54, 1.807) is 11.3 Å². The Bertz CT molecular complexity index is 401. The lowest BCUT2D eigenvalue weighted by Gasteiger charge is -2.28. The number of carbonyl (C=O) groups is 1. The molecule has 1 N–H and O–H groups in total. The van der Waals surface area contributed by atoms with E-state index in [2.05, 4.69) is 27.0 Å². The second-order valence-corrected chi connectivity index (χ2v) is 6.51. The molecule has 0 bridgehead atoms. The van der Waals surface area contributed by atoms with Crippen LogP contribution in [-0.2, 0) is 11.3 Å². The molecule has 5 heteroatoms. The van der Waals surface area contributed by atoms with Gasteiger partial charge in [-0.15, -0.1) is 0 Å². The third kappa shape index (κ3) is 4.89. The topological polar surface area (TPSA) is 35.6 Å². The largest absolute Gasteiger partial charge is 0.340 e. The van der Waals surface area contributed by atoms with Crippen LogP contribution < -0.4 is 5.32 Å². The van der Waals surface area contributed by atoms with Crippen LogP contribution >= 0.6 is 11.3 Å². The number of amides is 1. The van der Waals surface area contributed by atoms with Crippen LogP contribution in [0.3, 0.4) is 0 Å². The number of likely N-dealkylation sites (N-methyl/N-ethyl adjacent to an activating group) is 2. The Hall–Kier alpha value is -0.910. The molecule has 2 rings (SSSR count). The highest BCUT2D eigenvalue weighted by atomic mass is 32.1. The van der Waals surface area contributed by atoms with Crippen molar-refractivity contribution in [3.8, 4) is 0 Å². The summed E-state index contributed by atoms with van der Waals surface area (Å²) in [6.45, 7) is 3.28. The molecule has 1 fully saturated rings. The van der Waals surface area contributed by atoms with Gasteiger partial charge in [0.2, 0.25) is 5.91 Å². The van der Waals surface area contributed by atoms with Gasteiger partial charge in [0.1, 0.15) is 0 Å². The molecule has 0 aliphatic carbocycles. The van der Waals surface area contributed by atoms with Crippen molar-refractivity contribution in [3.05, 3.63) is 22.4 Å². The monoisotopic (exact) mass is 295 g/mol. The first kappa shape index (κ1) is 15.5. The third-order valence-electron chi connectivity index (χ3n) is 3.78. The molecule has 4 nitrogen and oxygen atoms in total. The van der Waals surface area contributed by atoms with E-state index in [1.807, 2.05) is 19.0 Å². The fourth-order valence-electron chi connectivity index (χ4n) is 2.62. The zero-order chi connectivity index (χ0) is 14.4. The van der Waals surface area contributed by atoms with E-state index in [1.165, 1.54) is 24.8 Å². The summed E-state index contributed by atoms with van der Waals surface area (Å²) in [5, 5.41) is 7.67. The first-order valence-electron chi connectivity index (χ1n) is 7.32. The predicted molar refractivity (Wildman–Crippen MR) is 83.9 cm³/mol. The van der Waals surface area contributed by atoms with Crippen LogP contribution in [0, 0.1) is 0 Å². The molecule has 0 saturated carbocycles. The zero-order valence-electron chi connectivity index (χ0n) is 12.5. The van der Waals surface area contributed by atoms with Gasteiger partial charge in [-0.3, -0.25) is 9.69 Å². The number of rotatable bonds is 6. The maximum absolute atomic E-state index is 12.2. The lowest BCUT2D eigenvalue weighted by molar-refractivity contribution is -0.131. The average Bonchev–Trinajstić information content (AvgIpc) is 2.92. The fraction of sp³-hybridized carbons (Fsp3) is 0.667. The first-order chi connectivity index (χ1) is 9.65. The third-order valence-corrected chi connectivity index (χ3v) is 4.51. The maximum Gasteiger partial charge on any atom is 0.236 e. The van der Waals surface area contributed by atoms with Crippen LogP contribution in [0.2, 0.25) is 0 Å². The zero-order valence-corrected chi connectivity index (χ0v) is 13.3. The van der Waals surface area contributed by atoms with E-state index < -0.39 is 0 Å². The minimum absolute atomic E-state index is 0.189. The summed E-state index contributed by atoms with van der Waals surface area (Å²) in [5.41, 5.74) is 1.21. The van der Waals surface area contributed by atoms with Gasteiger partial charge in [-0.1, -0.05) is 6.42 Å². The quantitative estimate of drug-likeness (QED) is 0.869. The predicted octanol–water partition coefficient (Wildman–Crippen LogP) is 1.78. The minimum Gasteiger partial charge on any atom is -0.340 e. The van der Waals surface area contributed by atoms with E-state index in [9.17, 15) is 4.79 Å². The van der Waals surface area contributed by atoms with Crippen LogP contribution in [0.5, 0.6) is 0 Å². The lowest BCUT2D eigenvalue weighted by atomic mass is 10.0. The van der Waals surface area contributed by atoms with Gasteiger partial charge in [0.15, 0.2) is 0 Å². The van der Waals surface area contributed by atoms with Crippen LogP contribution in [0.25, 0.3) is 0 Å². The van der Waals surface area contributed by atoms with Crippen molar-refractivity contribution in [1.29, 1.82) is 0 Å². The van der Waals surface area contributed by atoms with E-state index in [4.69, 9.17) is 0 Å². The number of nitrogens with zero attached hydrogens (tertiary/aromatic N) is 2. The van der Waals surface area contributed by atoms with Crippen LogP contribution in [0.15, 0.2) is 16.8 Å². The molecule has 0 aromatic carbocycles. The van der Waals surface area contributed by atoms with Crippen LogP contribution in [0.4, 0.5) is 0 Å². The van der Waals surface area contributed by atoms with Gasteiger partial charge in [0, 0.05) is 26.2 Å². The molecule has 1 amide bonds. The summed E-state index contributed by atoms with van der Waals surface area (Å²) in [5.74, 6) is 0.189. The minimum atomic E-state index is 0.189. The van der Waals surface area contributed by atoms with Gasteiger partial charge in [0.05, 0.1) is 6.54 Å². The summed E-state index contributed by atoms with van der Waals surface area (Å²) in [6.07, 6.45) is 3.81. The molecule has 0 radical (unpaired) electrons. The van der Waals surface area contributed by atoms with E-state index in [0.717, 1.165) is 13.1 Å². The number of carbonyl (C=O) groups excluding carboxylic acids is 1. The average molecular weight is 295 g/mol. The van der Waals surface area contributed by atoms with Gasteiger partial charge >= 0.3 is 0 Å². The van der Waals surface area contributed by atoms with E-state index in [-0.39, 0.29) is 5.91 Å². The maximum atomic E-state index is 12.2. The molecular weight excluding hydrogens is 270 g/mol. The Morgan fingerprint density at radius 3 is 2.95 bits per heavy atom. The molecule has 1 atom stereocenters. The summed E-state index contributed by atoms with van der Waals surface area (Å²) in [6, 6.07) is 2.62. The second-order valence-electron chi connectivity index (χ2n) is 5.72. The van der Waals surface area contributed by atoms with Crippen molar-refractivity contribution >= 4 is 17.2 Å². The van der Waals surface area contributed by atoms with Crippen molar-refractivity contribution in [2.45, 2.75) is 31.8 Å². The van der Waals surface area contributed by atoms with E-state index in [0.29, 0.717) is 19.1 Å². The van der Waals surface area contributed by atoms with Crippen molar-refractivity contribution < 1.29 is 4.79 Å². The normalized spacial score (nSPS) is 19.2. The van der Waals surface area contributed by atoms with Gasteiger partial charge in [-0.05, 0) is 48.8 Å². The number of hydrogen-bond donors (Lipinski definition) is 1. The first-order valence-corrected chi connectivity index (χ1v) is 8.26. The van der Waals surface area contributed by atoms with Crippen molar-refractivity contribution in [2.24, 2.45) is 0 Å². The van der Waals surface area contributed by atoms with Crippen LogP contribution in [0.1, 0.15) is 24.8 Å². The van der Waals surface area contributed by atoms with Gasteiger partial charge in [0.25, 0.3) is 0 Å². The highest BCUT2D eigenvalue weighted by Crippen LogP contribution is 2.10. The Balaban J connectivity index is 1.72. The molecule has 0 spiro atoms. The molecule has 112 valence electrons. The highest BCUT2D eigenvalue weighted by Gasteiger charge is 2.17. The van der Waals surface area contributed by atoms with Crippen molar-refractivity contribution in [2.75, 3.05) is 33.7 Å². The van der Waals surface area contributed by atoms with Gasteiger partial charge in [-0.2, -0.15) is 11.3 Å². The molecular formula is C15H25N3OS. The van der Waals surface area contributed by atoms with Crippen LogP contribution in [-0.4, -0.2) is 55.5 Å². The Morgan fingerprint density at radius 1 is 1.45 bits per heavy atom. The molecule has 1 aromatic heterocycles. The molecule has 20 heavy (non-hydrogen) atoms. The molecule has 1 aliphatic rings. The molecule has 1 aliphatic heterocycles. The lowest BCUT2D eigenvalue weighted by Crippen LogP contribution is -2.45. The highest BCUT2D eigenvalue weighted by molar-refractivity contribution is 7.07. The summed E-state index contributed by atoms with van der Waals surface area (Å²) in [7, 11) is 3.92. The van der Waals surface area contributed by atoms with Gasteiger partial charge in [-0.25, -0.2) is 0 Å².